The van der Waals surface area contributed by atoms with Crippen LogP contribution in [0.5, 0.6) is 5.75 Å². The molecule has 0 aromatic heterocycles. The Hall–Kier alpha value is -1.11. The molecule has 6 heteroatoms. The summed E-state index contributed by atoms with van der Waals surface area (Å²) in [6, 6.07) is 6.42. The number of ether oxygens (including phenoxy) is 1. The minimum atomic E-state index is -3.40. The summed E-state index contributed by atoms with van der Waals surface area (Å²) in [4.78, 5) is 0.287. The van der Waals surface area contributed by atoms with Crippen LogP contribution in [-0.2, 0) is 10.0 Å². The maximum atomic E-state index is 12.3. The van der Waals surface area contributed by atoms with Crippen molar-refractivity contribution in [3.05, 3.63) is 24.3 Å². The van der Waals surface area contributed by atoms with Crippen LogP contribution in [0.1, 0.15) is 19.3 Å². The molecule has 0 aliphatic rings. The summed E-state index contributed by atoms with van der Waals surface area (Å²) in [5, 5.41) is 0. The number of hydrogen-bond donors (Lipinski definition) is 1. The fourth-order valence-electron chi connectivity index (χ4n) is 1.70. The van der Waals surface area contributed by atoms with Crippen LogP contribution in [0.3, 0.4) is 0 Å². The predicted octanol–water partition coefficient (Wildman–Crippen LogP) is 1.44. The Bertz CT molecular complexity index is 471. The minimum absolute atomic E-state index is 0.287. The van der Waals surface area contributed by atoms with E-state index in [4.69, 9.17) is 10.5 Å². The molecule has 0 amide bonds. The molecule has 1 aromatic carbocycles. The van der Waals surface area contributed by atoms with Crippen molar-refractivity contribution in [1.29, 1.82) is 0 Å². The van der Waals surface area contributed by atoms with E-state index in [9.17, 15) is 8.42 Å². The van der Waals surface area contributed by atoms with Gasteiger partial charge in [0, 0.05) is 13.6 Å². The van der Waals surface area contributed by atoms with Crippen LogP contribution in [0.4, 0.5) is 0 Å². The highest BCUT2D eigenvalue weighted by molar-refractivity contribution is 7.89. The second-order valence-corrected chi connectivity index (χ2v) is 6.40. The lowest BCUT2D eigenvalue weighted by Crippen LogP contribution is -2.28. The van der Waals surface area contributed by atoms with Gasteiger partial charge in [0.1, 0.15) is 5.75 Å². The van der Waals surface area contributed by atoms with Crippen molar-refractivity contribution in [1.82, 2.24) is 4.31 Å². The summed E-state index contributed by atoms with van der Waals surface area (Å²) >= 11 is 0. The summed E-state index contributed by atoms with van der Waals surface area (Å²) in [6.45, 7) is 1.16. The van der Waals surface area contributed by atoms with Crippen molar-refractivity contribution in [3.8, 4) is 5.75 Å². The van der Waals surface area contributed by atoms with Crippen LogP contribution in [0.2, 0.25) is 0 Å². The molecule has 0 saturated heterocycles. The topological polar surface area (TPSA) is 72.6 Å². The third kappa shape index (κ3) is 4.49. The lowest BCUT2D eigenvalue weighted by atomic mass is 10.2. The van der Waals surface area contributed by atoms with Crippen molar-refractivity contribution in [3.63, 3.8) is 0 Å². The van der Waals surface area contributed by atoms with Gasteiger partial charge in [-0.2, -0.15) is 0 Å². The van der Waals surface area contributed by atoms with E-state index in [2.05, 4.69) is 0 Å². The van der Waals surface area contributed by atoms with Crippen LogP contribution in [0.15, 0.2) is 29.2 Å². The fraction of sp³-hybridized carbons (Fsp3) is 0.538. The lowest BCUT2D eigenvalue weighted by Gasteiger charge is -2.17. The summed E-state index contributed by atoms with van der Waals surface area (Å²) in [7, 11) is -0.257. The number of rotatable bonds is 8. The van der Waals surface area contributed by atoms with E-state index in [1.165, 1.54) is 4.31 Å². The highest BCUT2D eigenvalue weighted by Crippen LogP contribution is 2.18. The third-order valence-corrected chi connectivity index (χ3v) is 4.82. The molecule has 19 heavy (non-hydrogen) atoms. The lowest BCUT2D eigenvalue weighted by molar-refractivity contribution is 0.414. The van der Waals surface area contributed by atoms with Gasteiger partial charge >= 0.3 is 0 Å². The number of nitrogens with zero attached hydrogens (tertiary/aromatic N) is 1. The molecule has 0 spiro atoms. The van der Waals surface area contributed by atoms with Gasteiger partial charge in [-0.25, -0.2) is 12.7 Å². The molecule has 1 rings (SSSR count). The van der Waals surface area contributed by atoms with Gasteiger partial charge in [0.25, 0.3) is 0 Å². The Labute approximate surface area is 115 Å². The second-order valence-electron chi connectivity index (χ2n) is 4.35. The Morgan fingerprint density at radius 3 is 2.32 bits per heavy atom. The van der Waals surface area contributed by atoms with Crippen LogP contribution in [0.25, 0.3) is 0 Å². The van der Waals surface area contributed by atoms with Crippen molar-refractivity contribution in [2.24, 2.45) is 5.73 Å². The molecule has 0 aliphatic heterocycles. The number of methoxy groups -OCH3 is 1. The fourth-order valence-corrected chi connectivity index (χ4v) is 2.91. The summed E-state index contributed by atoms with van der Waals surface area (Å²) in [5.41, 5.74) is 5.41. The molecule has 0 bridgehead atoms. The number of nitrogens with two attached hydrogens (primary N) is 1. The molecule has 0 fully saturated rings. The van der Waals surface area contributed by atoms with E-state index >= 15 is 0 Å². The van der Waals surface area contributed by atoms with Crippen LogP contribution in [0, 0.1) is 0 Å². The predicted molar refractivity (Wildman–Crippen MR) is 75.7 cm³/mol. The van der Waals surface area contributed by atoms with Gasteiger partial charge in [0.05, 0.1) is 12.0 Å². The van der Waals surface area contributed by atoms with Gasteiger partial charge in [-0.05, 0) is 43.7 Å². The molecule has 5 nitrogen and oxygen atoms in total. The normalized spacial score (nSPS) is 11.8. The molecule has 2 N–H and O–H groups in total. The zero-order valence-corrected chi connectivity index (χ0v) is 12.3. The molecule has 0 radical (unpaired) electrons. The molecule has 108 valence electrons. The quantitative estimate of drug-likeness (QED) is 0.734. The summed E-state index contributed by atoms with van der Waals surface area (Å²) < 4.78 is 30.9. The SMILES string of the molecule is COc1ccc(S(=O)(=O)N(C)CCCCCN)cc1. The van der Waals surface area contributed by atoms with Crippen molar-refractivity contribution in [2.75, 3.05) is 27.2 Å². The number of sulfonamides is 1. The van der Waals surface area contributed by atoms with Crippen LogP contribution < -0.4 is 10.5 Å². The molecule has 1 aromatic rings. The van der Waals surface area contributed by atoms with Gasteiger partial charge in [0.2, 0.25) is 10.0 Å². The number of benzene rings is 1. The van der Waals surface area contributed by atoms with Gasteiger partial charge in [-0.3, -0.25) is 0 Å². The Balaban J connectivity index is 2.67. The Morgan fingerprint density at radius 2 is 1.79 bits per heavy atom. The number of hydrogen-bond acceptors (Lipinski definition) is 4. The van der Waals surface area contributed by atoms with E-state index in [1.54, 1.807) is 38.4 Å². The Morgan fingerprint density at radius 1 is 1.16 bits per heavy atom. The van der Waals surface area contributed by atoms with E-state index in [-0.39, 0.29) is 4.90 Å². The van der Waals surface area contributed by atoms with E-state index in [0.29, 0.717) is 18.8 Å². The molecule has 0 heterocycles. The highest BCUT2D eigenvalue weighted by atomic mass is 32.2. The molecular formula is C13H22N2O3S. The largest absolute Gasteiger partial charge is 0.497 e. The zero-order valence-electron chi connectivity index (χ0n) is 11.5. The average molecular weight is 286 g/mol. The summed E-state index contributed by atoms with van der Waals surface area (Å²) in [5.74, 6) is 0.643. The standard InChI is InChI=1S/C13H22N2O3S/c1-15(11-5-3-4-10-14)19(16,17)13-8-6-12(18-2)7-9-13/h6-9H,3-5,10-11,14H2,1-2H3. The van der Waals surface area contributed by atoms with Crippen molar-refractivity contribution >= 4 is 10.0 Å². The first-order valence-corrected chi connectivity index (χ1v) is 7.77. The first-order chi connectivity index (χ1) is 9.02. The van der Waals surface area contributed by atoms with Gasteiger partial charge in [0.15, 0.2) is 0 Å². The zero-order chi connectivity index (χ0) is 14.3. The average Bonchev–Trinajstić information content (AvgIpc) is 2.43. The van der Waals surface area contributed by atoms with E-state index < -0.39 is 10.0 Å². The maximum absolute atomic E-state index is 12.3. The van der Waals surface area contributed by atoms with E-state index in [0.717, 1.165) is 19.3 Å². The first kappa shape index (κ1) is 15.9. The van der Waals surface area contributed by atoms with Gasteiger partial charge in [-0.15, -0.1) is 0 Å². The van der Waals surface area contributed by atoms with Gasteiger partial charge < -0.3 is 10.5 Å². The maximum Gasteiger partial charge on any atom is 0.242 e. The van der Waals surface area contributed by atoms with Crippen LogP contribution >= 0.6 is 0 Å². The van der Waals surface area contributed by atoms with Crippen molar-refractivity contribution < 1.29 is 13.2 Å². The molecule has 0 atom stereocenters. The smallest absolute Gasteiger partial charge is 0.242 e. The van der Waals surface area contributed by atoms with Gasteiger partial charge in [-0.1, -0.05) is 6.42 Å². The van der Waals surface area contributed by atoms with E-state index in [1.807, 2.05) is 0 Å². The number of unbranched alkanes of at least 4 members (excludes halogenated alkanes) is 2. The minimum Gasteiger partial charge on any atom is -0.497 e. The molecule has 0 aliphatic carbocycles. The second kappa shape index (κ2) is 7.47. The highest BCUT2D eigenvalue weighted by Gasteiger charge is 2.19. The van der Waals surface area contributed by atoms with Crippen LogP contribution in [-0.4, -0.2) is 40.0 Å². The molecular weight excluding hydrogens is 264 g/mol. The third-order valence-electron chi connectivity index (χ3n) is 2.94. The summed E-state index contributed by atoms with van der Waals surface area (Å²) in [6.07, 6.45) is 2.69. The Kier molecular flexibility index (Phi) is 6.27. The molecule has 0 saturated carbocycles. The van der Waals surface area contributed by atoms with Crippen molar-refractivity contribution in [2.45, 2.75) is 24.2 Å². The first-order valence-electron chi connectivity index (χ1n) is 6.33. The monoisotopic (exact) mass is 286 g/mol. The molecule has 0 unspecified atom stereocenters.